The zero-order valence-electron chi connectivity index (χ0n) is 13.0. The predicted molar refractivity (Wildman–Crippen MR) is 84.5 cm³/mol. The number of benzene rings is 1. The number of hydrogen-bond acceptors (Lipinski definition) is 4. The Balaban J connectivity index is 2.90. The molecule has 2 N–H and O–H groups in total. The molecule has 0 bridgehead atoms. The Morgan fingerprint density at radius 2 is 1.86 bits per heavy atom. The lowest BCUT2D eigenvalue weighted by atomic mass is 10.1. The summed E-state index contributed by atoms with van der Waals surface area (Å²) in [6.45, 7) is 4.84. The van der Waals surface area contributed by atoms with Crippen molar-refractivity contribution >= 4 is 5.96 Å². The summed E-state index contributed by atoms with van der Waals surface area (Å²) in [4.78, 5) is 4.12. The fourth-order valence-electron chi connectivity index (χ4n) is 1.87. The summed E-state index contributed by atoms with van der Waals surface area (Å²) in [7, 11) is 6.49. The number of rotatable bonds is 7. The van der Waals surface area contributed by atoms with Crippen LogP contribution in [0.4, 0.5) is 0 Å². The molecule has 0 aromatic heterocycles. The van der Waals surface area contributed by atoms with E-state index < -0.39 is 0 Å². The molecule has 116 valence electrons. The van der Waals surface area contributed by atoms with E-state index in [1.807, 2.05) is 12.1 Å². The second-order valence-corrected chi connectivity index (χ2v) is 4.09. The number of nitrogens with zero attached hydrogens (tertiary/aromatic N) is 1. The zero-order chi connectivity index (χ0) is 15.7. The Morgan fingerprint density at radius 3 is 2.38 bits per heavy atom. The molecule has 0 unspecified atom stereocenters. The van der Waals surface area contributed by atoms with Gasteiger partial charge in [-0.05, 0) is 12.1 Å². The van der Waals surface area contributed by atoms with E-state index in [4.69, 9.17) is 14.2 Å². The molecular weight excluding hydrogens is 270 g/mol. The van der Waals surface area contributed by atoms with Crippen LogP contribution < -0.4 is 24.8 Å². The standard InChI is InChI=1S/C15H23N3O3/c1-6-9-17-15(16-2)18-10-11-7-8-12(19-3)14(21-5)13(11)20-4/h6-8H,1,9-10H2,2-5H3,(H2,16,17,18). The number of hydrogen-bond donors (Lipinski definition) is 2. The van der Waals surface area contributed by atoms with Crippen LogP contribution in [0.15, 0.2) is 29.8 Å². The third kappa shape index (κ3) is 4.30. The van der Waals surface area contributed by atoms with E-state index in [-0.39, 0.29) is 0 Å². The maximum atomic E-state index is 5.44. The molecule has 0 radical (unpaired) electrons. The molecule has 0 saturated heterocycles. The molecule has 0 spiro atoms. The lowest BCUT2D eigenvalue weighted by Gasteiger charge is -2.17. The molecule has 0 aliphatic heterocycles. The van der Waals surface area contributed by atoms with Crippen molar-refractivity contribution in [3.05, 3.63) is 30.4 Å². The minimum absolute atomic E-state index is 0.542. The lowest BCUT2D eigenvalue weighted by molar-refractivity contribution is 0.322. The Morgan fingerprint density at radius 1 is 1.14 bits per heavy atom. The highest BCUT2D eigenvalue weighted by atomic mass is 16.5. The fraction of sp³-hybridized carbons (Fsp3) is 0.400. The van der Waals surface area contributed by atoms with Crippen molar-refractivity contribution in [3.8, 4) is 17.2 Å². The molecule has 0 fully saturated rings. The second-order valence-electron chi connectivity index (χ2n) is 4.09. The van der Waals surface area contributed by atoms with Gasteiger partial charge in [-0.1, -0.05) is 6.08 Å². The highest BCUT2D eigenvalue weighted by molar-refractivity contribution is 5.79. The SMILES string of the molecule is C=CCNC(=NC)NCc1ccc(OC)c(OC)c1OC. The molecule has 1 aromatic rings. The van der Waals surface area contributed by atoms with Gasteiger partial charge in [-0.2, -0.15) is 0 Å². The van der Waals surface area contributed by atoms with E-state index in [0.717, 1.165) is 5.56 Å². The largest absolute Gasteiger partial charge is 0.493 e. The number of nitrogens with one attached hydrogen (secondary N) is 2. The molecule has 21 heavy (non-hydrogen) atoms. The first-order chi connectivity index (χ1) is 10.2. The van der Waals surface area contributed by atoms with Crippen LogP contribution >= 0.6 is 0 Å². The molecule has 0 amide bonds. The van der Waals surface area contributed by atoms with Crippen LogP contribution in [0, 0.1) is 0 Å². The van der Waals surface area contributed by atoms with Gasteiger partial charge in [-0.25, -0.2) is 0 Å². The molecular formula is C15H23N3O3. The highest BCUT2D eigenvalue weighted by Gasteiger charge is 2.15. The van der Waals surface area contributed by atoms with Gasteiger partial charge in [0, 0.05) is 25.7 Å². The van der Waals surface area contributed by atoms with Crippen LogP contribution in [0.5, 0.6) is 17.2 Å². The van der Waals surface area contributed by atoms with Crippen LogP contribution in [0.2, 0.25) is 0 Å². The third-order valence-electron chi connectivity index (χ3n) is 2.87. The van der Waals surface area contributed by atoms with Crippen molar-refractivity contribution in [2.45, 2.75) is 6.54 Å². The Hall–Kier alpha value is -2.37. The van der Waals surface area contributed by atoms with Gasteiger partial charge >= 0.3 is 0 Å². The normalized spacial score (nSPS) is 10.8. The monoisotopic (exact) mass is 293 g/mol. The van der Waals surface area contributed by atoms with E-state index in [0.29, 0.717) is 36.3 Å². The molecule has 0 aliphatic rings. The number of ether oxygens (including phenoxy) is 3. The molecule has 0 atom stereocenters. The first-order valence-corrected chi connectivity index (χ1v) is 6.55. The number of guanidine groups is 1. The minimum Gasteiger partial charge on any atom is -0.493 e. The third-order valence-corrected chi connectivity index (χ3v) is 2.87. The van der Waals surface area contributed by atoms with Gasteiger partial charge in [0.05, 0.1) is 21.3 Å². The fourth-order valence-corrected chi connectivity index (χ4v) is 1.87. The number of methoxy groups -OCH3 is 3. The average Bonchev–Trinajstić information content (AvgIpc) is 2.53. The van der Waals surface area contributed by atoms with Crippen LogP contribution in [-0.4, -0.2) is 40.9 Å². The van der Waals surface area contributed by atoms with E-state index >= 15 is 0 Å². The smallest absolute Gasteiger partial charge is 0.203 e. The van der Waals surface area contributed by atoms with Crippen LogP contribution in [-0.2, 0) is 6.54 Å². The van der Waals surface area contributed by atoms with Gasteiger partial charge in [0.2, 0.25) is 5.75 Å². The van der Waals surface area contributed by atoms with E-state index in [1.165, 1.54) is 0 Å². The van der Waals surface area contributed by atoms with Crippen LogP contribution in [0.1, 0.15) is 5.56 Å². The van der Waals surface area contributed by atoms with Gasteiger partial charge in [0.25, 0.3) is 0 Å². The summed E-state index contributed by atoms with van der Waals surface area (Å²) < 4.78 is 16.1. The molecule has 0 heterocycles. The molecule has 1 aromatic carbocycles. The van der Waals surface area contributed by atoms with E-state index in [9.17, 15) is 0 Å². The summed E-state index contributed by atoms with van der Waals surface area (Å²) in [5.74, 6) is 2.54. The first kappa shape index (κ1) is 16.7. The van der Waals surface area contributed by atoms with Crippen molar-refractivity contribution in [1.82, 2.24) is 10.6 Å². The molecule has 1 rings (SSSR count). The van der Waals surface area contributed by atoms with Crippen LogP contribution in [0.3, 0.4) is 0 Å². The van der Waals surface area contributed by atoms with Crippen molar-refractivity contribution in [3.63, 3.8) is 0 Å². The number of aliphatic imine (C=N–C) groups is 1. The minimum atomic E-state index is 0.542. The molecule has 6 nitrogen and oxygen atoms in total. The van der Waals surface area contributed by atoms with Gasteiger partial charge in [0.15, 0.2) is 17.5 Å². The van der Waals surface area contributed by atoms with E-state index in [2.05, 4.69) is 22.2 Å². The topological polar surface area (TPSA) is 64.1 Å². The Bertz CT molecular complexity index is 501. The average molecular weight is 293 g/mol. The molecule has 0 aliphatic carbocycles. The van der Waals surface area contributed by atoms with Gasteiger partial charge in [0.1, 0.15) is 0 Å². The summed E-state index contributed by atoms with van der Waals surface area (Å²) in [5, 5.41) is 6.30. The second kappa shape index (κ2) is 8.73. The van der Waals surface area contributed by atoms with Crippen LogP contribution in [0.25, 0.3) is 0 Å². The maximum absolute atomic E-state index is 5.44. The Kier molecular flexibility index (Phi) is 6.94. The van der Waals surface area contributed by atoms with Crippen molar-refractivity contribution in [2.24, 2.45) is 4.99 Å². The van der Waals surface area contributed by atoms with Crippen molar-refractivity contribution in [2.75, 3.05) is 34.9 Å². The van der Waals surface area contributed by atoms with Gasteiger partial charge in [-0.15, -0.1) is 6.58 Å². The van der Waals surface area contributed by atoms with Gasteiger partial charge < -0.3 is 24.8 Å². The quantitative estimate of drug-likeness (QED) is 0.454. The maximum Gasteiger partial charge on any atom is 0.203 e. The highest BCUT2D eigenvalue weighted by Crippen LogP contribution is 2.39. The summed E-state index contributed by atoms with van der Waals surface area (Å²) >= 11 is 0. The zero-order valence-corrected chi connectivity index (χ0v) is 13.0. The van der Waals surface area contributed by atoms with Crippen molar-refractivity contribution in [1.29, 1.82) is 0 Å². The summed E-state index contributed by atoms with van der Waals surface area (Å²) in [5.41, 5.74) is 0.941. The molecule has 0 saturated carbocycles. The van der Waals surface area contributed by atoms with E-state index in [1.54, 1.807) is 34.5 Å². The summed E-state index contributed by atoms with van der Waals surface area (Å²) in [6.07, 6.45) is 1.77. The summed E-state index contributed by atoms with van der Waals surface area (Å²) in [6, 6.07) is 3.77. The predicted octanol–water partition coefficient (Wildman–Crippen LogP) is 1.56. The van der Waals surface area contributed by atoms with Gasteiger partial charge in [-0.3, -0.25) is 4.99 Å². The molecule has 6 heteroatoms. The lowest BCUT2D eigenvalue weighted by Crippen LogP contribution is -2.36. The van der Waals surface area contributed by atoms with Crippen molar-refractivity contribution < 1.29 is 14.2 Å². The Labute approximate surface area is 125 Å². The first-order valence-electron chi connectivity index (χ1n) is 6.55.